The highest BCUT2D eigenvalue weighted by molar-refractivity contribution is 7.17. The fourth-order valence-corrected chi connectivity index (χ4v) is 3.42. The summed E-state index contributed by atoms with van der Waals surface area (Å²) in [5, 5.41) is 24.4. The maximum atomic E-state index is 12.3. The first-order valence-corrected chi connectivity index (χ1v) is 9.50. The van der Waals surface area contributed by atoms with Crippen LogP contribution >= 0.6 is 11.3 Å². The smallest absolute Gasteiger partial charge is 0.305 e. The topological polar surface area (TPSA) is 170 Å². The number of rotatable bonds is 9. The third kappa shape index (κ3) is 6.88. The Morgan fingerprint density at radius 3 is 2.59 bits per heavy atom. The van der Waals surface area contributed by atoms with Crippen LogP contribution in [0.4, 0.5) is 5.13 Å². The predicted octanol–water partition coefficient (Wildman–Crippen LogP) is 1.21. The number of nitrogens with zero attached hydrogens (tertiary/aromatic N) is 1. The Labute approximate surface area is 171 Å². The Morgan fingerprint density at radius 2 is 1.97 bits per heavy atom. The average molecular weight is 418 g/mol. The number of guanidine groups is 1. The standard InChI is InChI=1S/C18H22N6O4S/c1-10-15(29-18(22-10)24-17(19)20)16(28)21-8-7-13(25)23-12(9-14(26)27)11-5-3-2-4-6-11/h2-6,12H,7-9H2,1H3,(H,21,28)(H,23,25)(H,26,27)(H4,19,20,22,24). The van der Waals surface area contributed by atoms with Gasteiger partial charge in [0.1, 0.15) is 4.88 Å². The second-order valence-electron chi connectivity index (χ2n) is 6.11. The van der Waals surface area contributed by atoms with Crippen molar-refractivity contribution in [1.82, 2.24) is 15.6 Å². The van der Waals surface area contributed by atoms with Gasteiger partial charge in [0, 0.05) is 13.0 Å². The number of amides is 2. The molecule has 0 aliphatic rings. The number of aromatic nitrogens is 1. The van der Waals surface area contributed by atoms with Crippen molar-refractivity contribution < 1.29 is 19.5 Å². The Balaban J connectivity index is 1.88. The van der Waals surface area contributed by atoms with E-state index in [4.69, 9.17) is 16.2 Å². The van der Waals surface area contributed by atoms with Crippen LogP contribution in [0.1, 0.15) is 39.8 Å². The summed E-state index contributed by atoms with van der Waals surface area (Å²) in [6.45, 7) is 1.73. The summed E-state index contributed by atoms with van der Waals surface area (Å²) in [4.78, 5) is 40.0. The van der Waals surface area contributed by atoms with Gasteiger partial charge in [-0.3, -0.25) is 19.8 Å². The monoisotopic (exact) mass is 418 g/mol. The van der Waals surface area contributed by atoms with Gasteiger partial charge in [0.2, 0.25) is 5.91 Å². The number of carboxylic acids is 1. The molecular weight excluding hydrogens is 396 g/mol. The SMILES string of the molecule is Cc1nc(NC(=N)N)sc1C(=O)NCCC(=O)NC(CC(=O)O)c1ccccc1. The molecule has 0 spiro atoms. The molecule has 29 heavy (non-hydrogen) atoms. The van der Waals surface area contributed by atoms with Crippen molar-refractivity contribution in [3.63, 3.8) is 0 Å². The molecule has 2 rings (SSSR count). The maximum absolute atomic E-state index is 12.3. The van der Waals surface area contributed by atoms with Gasteiger partial charge in [-0.2, -0.15) is 0 Å². The normalized spacial score (nSPS) is 11.3. The number of aryl methyl sites for hydroxylation is 1. The minimum atomic E-state index is -1.02. The van der Waals surface area contributed by atoms with E-state index in [-0.39, 0.29) is 31.3 Å². The van der Waals surface area contributed by atoms with Gasteiger partial charge >= 0.3 is 5.97 Å². The second-order valence-corrected chi connectivity index (χ2v) is 7.11. The van der Waals surface area contributed by atoms with E-state index < -0.39 is 17.9 Å². The predicted molar refractivity (Wildman–Crippen MR) is 109 cm³/mol. The first-order chi connectivity index (χ1) is 13.8. The van der Waals surface area contributed by atoms with E-state index in [1.54, 1.807) is 37.3 Å². The second kappa shape index (κ2) is 10.2. The number of nitrogens with two attached hydrogens (primary N) is 1. The molecule has 11 heteroatoms. The summed E-state index contributed by atoms with van der Waals surface area (Å²) >= 11 is 1.05. The van der Waals surface area contributed by atoms with Gasteiger partial charge in [0.25, 0.3) is 5.91 Å². The van der Waals surface area contributed by atoms with E-state index in [0.717, 1.165) is 11.3 Å². The zero-order valence-corrected chi connectivity index (χ0v) is 16.5. The number of carboxylic acid groups (broad SMARTS) is 1. The molecule has 2 amide bonds. The summed E-state index contributed by atoms with van der Waals surface area (Å²) in [6.07, 6.45) is -0.251. The molecule has 0 aliphatic carbocycles. The first-order valence-electron chi connectivity index (χ1n) is 8.69. The number of benzene rings is 1. The summed E-state index contributed by atoms with van der Waals surface area (Å²) in [6, 6.07) is 8.18. The number of thiazole rings is 1. The van der Waals surface area contributed by atoms with Crippen LogP contribution in [0.3, 0.4) is 0 Å². The molecule has 10 nitrogen and oxygen atoms in total. The number of hydrogen-bond acceptors (Lipinski definition) is 6. The highest BCUT2D eigenvalue weighted by Gasteiger charge is 2.19. The van der Waals surface area contributed by atoms with Gasteiger partial charge in [0.05, 0.1) is 18.2 Å². The Morgan fingerprint density at radius 1 is 1.28 bits per heavy atom. The Hall–Kier alpha value is -3.47. The molecular formula is C18H22N6O4S. The van der Waals surface area contributed by atoms with Crippen molar-refractivity contribution in [2.24, 2.45) is 5.73 Å². The fraction of sp³-hybridized carbons (Fsp3) is 0.278. The van der Waals surface area contributed by atoms with Crippen LogP contribution < -0.4 is 21.7 Å². The maximum Gasteiger partial charge on any atom is 0.305 e. The lowest BCUT2D eigenvalue weighted by Crippen LogP contribution is -2.33. The molecule has 2 aromatic rings. The van der Waals surface area contributed by atoms with E-state index in [0.29, 0.717) is 21.3 Å². The quantitative estimate of drug-likeness (QED) is 0.262. The molecule has 7 N–H and O–H groups in total. The highest BCUT2D eigenvalue weighted by atomic mass is 32.1. The van der Waals surface area contributed by atoms with Crippen LogP contribution in [0.5, 0.6) is 0 Å². The minimum Gasteiger partial charge on any atom is -0.481 e. The van der Waals surface area contributed by atoms with Crippen LogP contribution in [-0.2, 0) is 9.59 Å². The van der Waals surface area contributed by atoms with Gasteiger partial charge < -0.3 is 26.8 Å². The molecule has 1 atom stereocenters. The van der Waals surface area contributed by atoms with Crippen molar-refractivity contribution in [2.75, 3.05) is 11.9 Å². The fourth-order valence-electron chi connectivity index (χ4n) is 2.52. The lowest BCUT2D eigenvalue weighted by atomic mass is 10.0. The summed E-state index contributed by atoms with van der Waals surface area (Å²) in [7, 11) is 0. The van der Waals surface area contributed by atoms with Crippen molar-refractivity contribution in [1.29, 1.82) is 5.41 Å². The molecule has 0 fully saturated rings. The Bertz CT molecular complexity index is 899. The van der Waals surface area contributed by atoms with Crippen LogP contribution in [0, 0.1) is 12.3 Å². The zero-order valence-electron chi connectivity index (χ0n) is 15.7. The molecule has 1 unspecified atom stereocenters. The number of carbonyl (C=O) groups is 3. The molecule has 1 heterocycles. The molecule has 0 bridgehead atoms. The average Bonchev–Trinajstić information content (AvgIpc) is 3.01. The first kappa shape index (κ1) is 21.8. The van der Waals surface area contributed by atoms with Crippen molar-refractivity contribution in [2.45, 2.75) is 25.8 Å². The number of hydrogen-bond donors (Lipinski definition) is 6. The van der Waals surface area contributed by atoms with Gasteiger partial charge in [-0.1, -0.05) is 41.7 Å². The van der Waals surface area contributed by atoms with Gasteiger partial charge in [-0.25, -0.2) is 4.98 Å². The van der Waals surface area contributed by atoms with Crippen molar-refractivity contribution >= 4 is 40.2 Å². The third-order valence-corrected chi connectivity index (χ3v) is 4.87. The zero-order chi connectivity index (χ0) is 21.4. The van der Waals surface area contributed by atoms with Gasteiger partial charge in [-0.15, -0.1) is 0 Å². The number of nitrogens with one attached hydrogen (secondary N) is 4. The van der Waals surface area contributed by atoms with Gasteiger partial charge in [-0.05, 0) is 12.5 Å². The van der Waals surface area contributed by atoms with E-state index in [2.05, 4.69) is 20.9 Å². The highest BCUT2D eigenvalue weighted by Crippen LogP contribution is 2.22. The lowest BCUT2D eigenvalue weighted by Gasteiger charge is -2.17. The molecule has 0 aliphatic heterocycles. The van der Waals surface area contributed by atoms with Crippen LogP contribution in [0.15, 0.2) is 30.3 Å². The van der Waals surface area contributed by atoms with Crippen LogP contribution in [-0.4, -0.2) is 40.4 Å². The number of anilines is 1. The molecule has 0 saturated carbocycles. The molecule has 1 aromatic heterocycles. The number of carbonyl (C=O) groups excluding carboxylic acids is 2. The summed E-state index contributed by atoms with van der Waals surface area (Å²) in [5.41, 5.74) is 6.41. The summed E-state index contributed by atoms with van der Waals surface area (Å²) in [5.74, 6) is -2.07. The third-order valence-electron chi connectivity index (χ3n) is 3.80. The summed E-state index contributed by atoms with van der Waals surface area (Å²) < 4.78 is 0. The van der Waals surface area contributed by atoms with Gasteiger partial charge in [0.15, 0.2) is 11.1 Å². The largest absolute Gasteiger partial charge is 0.481 e. The number of aliphatic carboxylic acids is 1. The molecule has 154 valence electrons. The van der Waals surface area contributed by atoms with Crippen molar-refractivity contribution in [3.05, 3.63) is 46.5 Å². The van der Waals surface area contributed by atoms with Crippen LogP contribution in [0.2, 0.25) is 0 Å². The molecule has 0 saturated heterocycles. The van der Waals surface area contributed by atoms with E-state index >= 15 is 0 Å². The van der Waals surface area contributed by atoms with E-state index in [1.807, 2.05) is 0 Å². The van der Waals surface area contributed by atoms with E-state index in [9.17, 15) is 14.4 Å². The van der Waals surface area contributed by atoms with Crippen LogP contribution in [0.25, 0.3) is 0 Å². The van der Waals surface area contributed by atoms with E-state index in [1.165, 1.54) is 0 Å². The minimum absolute atomic E-state index is 0.00883. The molecule has 1 aromatic carbocycles. The Kier molecular flexibility index (Phi) is 7.66. The van der Waals surface area contributed by atoms with Crippen molar-refractivity contribution in [3.8, 4) is 0 Å². The lowest BCUT2D eigenvalue weighted by molar-refractivity contribution is -0.137. The molecule has 0 radical (unpaired) electrons.